The van der Waals surface area contributed by atoms with Crippen molar-refractivity contribution in [3.63, 3.8) is 0 Å². The monoisotopic (exact) mass is 331 g/mol. The van der Waals surface area contributed by atoms with Crippen LogP contribution in [0.1, 0.15) is 18.9 Å². The number of nitriles is 1. The Morgan fingerprint density at radius 1 is 1.25 bits per heavy atom. The van der Waals surface area contributed by atoms with E-state index < -0.39 is 0 Å². The third kappa shape index (κ3) is 3.68. The molecule has 1 aromatic heterocycles. The Morgan fingerprint density at radius 2 is 2.05 bits per heavy atom. The summed E-state index contributed by atoms with van der Waals surface area (Å²) in [5, 5.41) is 15.2. The lowest BCUT2D eigenvalue weighted by atomic mass is 10.2. The van der Waals surface area contributed by atoms with Crippen molar-refractivity contribution in [1.82, 2.24) is 9.97 Å². The fourth-order valence-electron chi connectivity index (χ4n) is 1.60. The lowest BCUT2D eigenvalue weighted by Gasteiger charge is -2.09. The van der Waals surface area contributed by atoms with Gasteiger partial charge in [-0.1, -0.05) is 6.92 Å². The molecule has 1 aromatic carbocycles. The normalized spacial score (nSPS) is 9.85. The van der Waals surface area contributed by atoms with Crippen LogP contribution in [-0.4, -0.2) is 16.5 Å². The lowest BCUT2D eigenvalue weighted by molar-refractivity contribution is 0.965. The van der Waals surface area contributed by atoms with Crippen molar-refractivity contribution in [3.8, 4) is 6.07 Å². The molecule has 0 fully saturated rings. The van der Waals surface area contributed by atoms with E-state index in [1.54, 1.807) is 12.1 Å². The molecule has 0 aliphatic heterocycles. The van der Waals surface area contributed by atoms with E-state index >= 15 is 0 Å². The summed E-state index contributed by atoms with van der Waals surface area (Å²) in [5.41, 5.74) is 1.46. The zero-order valence-electron chi connectivity index (χ0n) is 11.0. The average molecular weight is 332 g/mol. The summed E-state index contributed by atoms with van der Waals surface area (Å²) in [7, 11) is 0. The standard InChI is InChI=1S/C14H14BrN5/c1-2-5-17-13-7-14(19-9-18-13)20-12-4-3-10(8-16)6-11(12)15/h3-4,6-7,9H,2,5H2,1H3,(H2,17,18,19,20). The zero-order chi connectivity index (χ0) is 14.4. The smallest absolute Gasteiger partial charge is 0.135 e. The number of aromatic nitrogens is 2. The van der Waals surface area contributed by atoms with Gasteiger partial charge in [-0.25, -0.2) is 9.97 Å². The van der Waals surface area contributed by atoms with Gasteiger partial charge in [-0.05, 0) is 40.5 Å². The van der Waals surface area contributed by atoms with E-state index in [1.807, 2.05) is 12.1 Å². The summed E-state index contributed by atoms with van der Waals surface area (Å²) in [6, 6.07) is 9.30. The summed E-state index contributed by atoms with van der Waals surface area (Å²) in [6.07, 6.45) is 2.55. The van der Waals surface area contributed by atoms with Gasteiger partial charge < -0.3 is 10.6 Å². The van der Waals surface area contributed by atoms with Crippen molar-refractivity contribution in [2.75, 3.05) is 17.2 Å². The maximum Gasteiger partial charge on any atom is 0.135 e. The van der Waals surface area contributed by atoms with E-state index in [0.29, 0.717) is 11.4 Å². The van der Waals surface area contributed by atoms with E-state index in [2.05, 4.69) is 49.5 Å². The van der Waals surface area contributed by atoms with Gasteiger partial charge in [-0.2, -0.15) is 5.26 Å². The van der Waals surface area contributed by atoms with Crippen LogP contribution in [0.4, 0.5) is 17.3 Å². The van der Waals surface area contributed by atoms with Crippen LogP contribution in [0.15, 0.2) is 35.1 Å². The number of nitrogens with one attached hydrogen (secondary N) is 2. The number of hydrogen-bond donors (Lipinski definition) is 2. The first-order chi connectivity index (χ1) is 9.72. The molecule has 2 N–H and O–H groups in total. The third-order valence-electron chi connectivity index (χ3n) is 2.58. The molecule has 0 bridgehead atoms. The molecule has 0 radical (unpaired) electrons. The minimum Gasteiger partial charge on any atom is -0.370 e. The zero-order valence-corrected chi connectivity index (χ0v) is 12.6. The first-order valence-electron chi connectivity index (χ1n) is 6.25. The van der Waals surface area contributed by atoms with Crippen molar-refractivity contribution >= 4 is 33.3 Å². The first-order valence-corrected chi connectivity index (χ1v) is 7.05. The van der Waals surface area contributed by atoms with Gasteiger partial charge in [0.2, 0.25) is 0 Å². The first kappa shape index (κ1) is 14.3. The average Bonchev–Trinajstić information content (AvgIpc) is 2.47. The molecule has 6 heteroatoms. The third-order valence-corrected chi connectivity index (χ3v) is 3.24. The highest BCUT2D eigenvalue weighted by Gasteiger charge is 2.04. The van der Waals surface area contributed by atoms with Crippen molar-refractivity contribution < 1.29 is 0 Å². The van der Waals surface area contributed by atoms with Gasteiger partial charge in [-0.15, -0.1) is 0 Å². The second kappa shape index (κ2) is 6.87. The highest BCUT2D eigenvalue weighted by Crippen LogP contribution is 2.26. The van der Waals surface area contributed by atoms with E-state index in [-0.39, 0.29) is 0 Å². The van der Waals surface area contributed by atoms with E-state index in [4.69, 9.17) is 5.26 Å². The lowest BCUT2D eigenvalue weighted by Crippen LogP contribution is -2.03. The molecule has 0 unspecified atom stereocenters. The van der Waals surface area contributed by atoms with Crippen LogP contribution in [0.25, 0.3) is 0 Å². The van der Waals surface area contributed by atoms with Crippen molar-refractivity contribution in [3.05, 3.63) is 40.6 Å². The maximum absolute atomic E-state index is 8.84. The van der Waals surface area contributed by atoms with Gasteiger partial charge in [0.05, 0.1) is 17.3 Å². The van der Waals surface area contributed by atoms with Crippen LogP contribution >= 0.6 is 15.9 Å². The Hall–Kier alpha value is -2.13. The molecule has 1 heterocycles. The Labute approximate surface area is 126 Å². The van der Waals surface area contributed by atoms with Crippen LogP contribution in [0.3, 0.4) is 0 Å². The number of nitrogens with zero attached hydrogens (tertiary/aromatic N) is 3. The minimum atomic E-state index is 0.607. The number of halogens is 1. The molecule has 0 atom stereocenters. The molecule has 0 amide bonds. The summed E-state index contributed by atoms with van der Waals surface area (Å²) in [4.78, 5) is 8.33. The molecular weight excluding hydrogens is 318 g/mol. The molecule has 2 rings (SSSR count). The Morgan fingerprint density at radius 3 is 2.75 bits per heavy atom. The highest BCUT2D eigenvalue weighted by atomic mass is 79.9. The predicted molar refractivity (Wildman–Crippen MR) is 83.0 cm³/mol. The number of rotatable bonds is 5. The summed E-state index contributed by atoms with van der Waals surface area (Å²) in [5.74, 6) is 1.48. The molecule has 20 heavy (non-hydrogen) atoms. The summed E-state index contributed by atoms with van der Waals surface area (Å²) < 4.78 is 0.818. The van der Waals surface area contributed by atoms with Gasteiger partial charge in [0.15, 0.2) is 0 Å². The Bertz CT molecular complexity index is 636. The molecule has 102 valence electrons. The summed E-state index contributed by atoms with van der Waals surface area (Å²) >= 11 is 3.43. The summed E-state index contributed by atoms with van der Waals surface area (Å²) in [6.45, 7) is 2.97. The molecule has 0 spiro atoms. The topological polar surface area (TPSA) is 73.6 Å². The van der Waals surface area contributed by atoms with E-state index in [1.165, 1.54) is 6.33 Å². The molecular formula is C14H14BrN5. The fraction of sp³-hybridized carbons (Fsp3) is 0.214. The SMILES string of the molecule is CCCNc1cc(Nc2ccc(C#N)cc2Br)ncn1. The van der Waals surface area contributed by atoms with E-state index in [9.17, 15) is 0 Å². The Balaban J connectivity index is 2.15. The quantitative estimate of drug-likeness (QED) is 0.874. The molecule has 0 aliphatic carbocycles. The second-order valence-corrected chi connectivity index (χ2v) is 5.00. The van der Waals surface area contributed by atoms with Gasteiger partial charge in [-0.3, -0.25) is 0 Å². The molecule has 2 aromatic rings. The van der Waals surface area contributed by atoms with Crippen LogP contribution in [0.5, 0.6) is 0 Å². The number of anilines is 3. The van der Waals surface area contributed by atoms with E-state index in [0.717, 1.165) is 28.9 Å². The molecule has 0 saturated carbocycles. The minimum absolute atomic E-state index is 0.607. The second-order valence-electron chi connectivity index (χ2n) is 4.15. The predicted octanol–water partition coefficient (Wildman–Crippen LogP) is 3.68. The highest BCUT2D eigenvalue weighted by molar-refractivity contribution is 9.10. The molecule has 0 aliphatic rings. The van der Waals surface area contributed by atoms with Gasteiger partial charge in [0, 0.05) is 17.1 Å². The van der Waals surface area contributed by atoms with Crippen LogP contribution in [0, 0.1) is 11.3 Å². The van der Waals surface area contributed by atoms with Crippen LogP contribution < -0.4 is 10.6 Å². The van der Waals surface area contributed by atoms with Gasteiger partial charge >= 0.3 is 0 Å². The molecule has 5 nitrogen and oxygen atoms in total. The number of benzene rings is 1. The van der Waals surface area contributed by atoms with Crippen molar-refractivity contribution in [1.29, 1.82) is 5.26 Å². The fourth-order valence-corrected chi connectivity index (χ4v) is 2.08. The van der Waals surface area contributed by atoms with Crippen molar-refractivity contribution in [2.45, 2.75) is 13.3 Å². The van der Waals surface area contributed by atoms with Crippen LogP contribution in [0.2, 0.25) is 0 Å². The largest absolute Gasteiger partial charge is 0.370 e. The molecule has 0 saturated heterocycles. The van der Waals surface area contributed by atoms with Crippen LogP contribution in [-0.2, 0) is 0 Å². The van der Waals surface area contributed by atoms with Gasteiger partial charge in [0.1, 0.15) is 18.0 Å². The maximum atomic E-state index is 8.84. The van der Waals surface area contributed by atoms with Crippen molar-refractivity contribution in [2.24, 2.45) is 0 Å². The number of hydrogen-bond acceptors (Lipinski definition) is 5. The Kier molecular flexibility index (Phi) is 4.91. The van der Waals surface area contributed by atoms with Gasteiger partial charge in [0.25, 0.3) is 0 Å².